The molecule has 120 valence electrons. The molecule has 1 aromatic rings. The molecule has 1 rings (SSSR count). The highest BCUT2D eigenvalue weighted by molar-refractivity contribution is 6.35. The second-order valence-electron chi connectivity index (χ2n) is 6.06. The van der Waals surface area contributed by atoms with Crippen molar-refractivity contribution in [2.24, 2.45) is 5.92 Å². The van der Waals surface area contributed by atoms with Crippen LogP contribution >= 0.6 is 23.2 Å². The van der Waals surface area contributed by atoms with Crippen molar-refractivity contribution >= 4 is 29.1 Å². The highest BCUT2D eigenvalue weighted by Gasteiger charge is 2.30. The van der Waals surface area contributed by atoms with Crippen LogP contribution in [0, 0.1) is 17.2 Å². The fourth-order valence-corrected chi connectivity index (χ4v) is 2.44. The largest absolute Gasteiger partial charge is 0.333 e. The lowest BCUT2D eigenvalue weighted by atomic mass is 9.90. The summed E-state index contributed by atoms with van der Waals surface area (Å²) in [6.07, 6.45) is 0. The van der Waals surface area contributed by atoms with E-state index in [-0.39, 0.29) is 18.4 Å². The van der Waals surface area contributed by atoms with Crippen LogP contribution in [0.4, 0.5) is 0 Å². The average Bonchev–Trinajstić information content (AvgIpc) is 2.41. The summed E-state index contributed by atoms with van der Waals surface area (Å²) in [5.74, 6) is -0.118. The predicted molar refractivity (Wildman–Crippen MR) is 88.9 cm³/mol. The van der Waals surface area contributed by atoms with E-state index >= 15 is 0 Å². The Morgan fingerprint density at radius 1 is 1.45 bits per heavy atom. The van der Waals surface area contributed by atoms with Gasteiger partial charge in [0.1, 0.15) is 12.1 Å². The highest BCUT2D eigenvalue weighted by Crippen LogP contribution is 2.20. The maximum atomic E-state index is 12.1. The summed E-state index contributed by atoms with van der Waals surface area (Å²) in [5, 5.41) is 13.2. The van der Waals surface area contributed by atoms with Crippen molar-refractivity contribution in [1.29, 1.82) is 5.26 Å². The number of nitrogens with zero attached hydrogens (tertiary/aromatic N) is 1. The lowest BCUT2D eigenvalue weighted by Gasteiger charge is -2.27. The summed E-state index contributed by atoms with van der Waals surface area (Å²) in [6, 6.07) is 7.50. The van der Waals surface area contributed by atoms with Gasteiger partial charge in [-0.25, -0.2) is 0 Å². The van der Waals surface area contributed by atoms with Gasteiger partial charge in [0.2, 0.25) is 0 Å². The predicted octanol–water partition coefficient (Wildman–Crippen LogP) is 2.06. The van der Waals surface area contributed by atoms with E-state index in [0.717, 1.165) is 10.5 Å². The highest BCUT2D eigenvalue weighted by atomic mass is 35.5. The van der Waals surface area contributed by atoms with Gasteiger partial charge < -0.3 is 10.2 Å². The molecule has 0 spiro atoms. The van der Waals surface area contributed by atoms with Gasteiger partial charge in [0.15, 0.2) is 6.54 Å². The third-order valence-corrected chi connectivity index (χ3v) is 4.34. The van der Waals surface area contributed by atoms with Crippen LogP contribution in [0.25, 0.3) is 0 Å². The number of amides is 1. The molecule has 0 aliphatic heterocycles. The van der Waals surface area contributed by atoms with E-state index in [0.29, 0.717) is 16.6 Å². The lowest BCUT2D eigenvalue weighted by Crippen LogP contribution is -3.09. The zero-order valence-corrected chi connectivity index (χ0v) is 14.8. The van der Waals surface area contributed by atoms with Gasteiger partial charge in [0, 0.05) is 10.6 Å². The van der Waals surface area contributed by atoms with Crippen LogP contribution in [-0.4, -0.2) is 25.0 Å². The Balaban J connectivity index is 2.63. The number of likely N-dealkylation sites (N-methyl/N-ethyl adjacent to an activating group) is 1. The van der Waals surface area contributed by atoms with Crippen molar-refractivity contribution in [3.8, 4) is 6.07 Å². The van der Waals surface area contributed by atoms with Gasteiger partial charge in [-0.05, 0) is 25.0 Å². The zero-order chi connectivity index (χ0) is 16.9. The molecule has 0 aliphatic rings. The topological polar surface area (TPSA) is 57.3 Å². The average molecular weight is 343 g/mol. The number of nitriles is 1. The Bertz CT molecular complexity index is 583. The van der Waals surface area contributed by atoms with E-state index in [1.165, 1.54) is 0 Å². The van der Waals surface area contributed by atoms with Crippen LogP contribution in [-0.2, 0) is 11.3 Å². The first-order valence-electron chi connectivity index (χ1n) is 7.15. The molecular formula is C16H22Cl2N3O+. The van der Waals surface area contributed by atoms with Gasteiger partial charge in [-0.15, -0.1) is 0 Å². The maximum Gasteiger partial charge on any atom is 0.276 e. The SMILES string of the molecule is CC(C)[C@](C)(C#N)NC(=O)C[NH+](C)Cc1ccc(Cl)cc1Cl. The van der Waals surface area contributed by atoms with Crippen LogP contribution in [0.5, 0.6) is 0 Å². The number of hydrogen-bond acceptors (Lipinski definition) is 2. The van der Waals surface area contributed by atoms with Crippen molar-refractivity contribution < 1.29 is 9.69 Å². The minimum absolute atomic E-state index is 0.0347. The zero-order valence-electron chi connectivity index (χ0n) is 13.3. The number of benzene rings is 1. The molecule has 1 aromatic carbocycles. The molecule has 0 bridgehead atoms. The Morgan fingerprint density at radius 3 is 2.59 bits per heavy atom. The second kappa shape index (κ2) is 7.82. The number of carbonyl (C=O) groups is 1. The standard InChI is InChI=1S/C16H21Cl2N3O/c1-11(2)16(3,10-19)20-15(22)9-21(4)8-12-5-6-13(17)7-14(12)18/h5-7,11H,8-9H2,1-4H3,(H,20,22)/p+1/t16-/m0/s1. The number of halogens is 2. The first kappa shape index (κ1) is 18.8. The molecule has 0 radical (unpaired) electrons. The summed E-state index contributed by atoms with van der Waals surface area (Å²) in [6.45, 7) is 6.43. The molecule has 4 nitrogen and oxygen atoms in total. The molecular weight excluding hydrogens is 321 g/mol. The van der Waals surface area contributed by atoms with Gasteiger partial charge in [0.25, 0.3) is 5.91 Å². The van der Waals surface area contributed by atoms with Gasteiger partial charge in [-0.3, -0.25) is 4.79 Å². The minimum atomic E-state index is -0.852. The van der Waals surface area contributed by atoms with Crippen LogP contribution in [0.15, 0.2) is 18.2 Å². The third-order valence-electron chi connectivity index (χ3n) is 3.76. The first-order chi connectivity index (χ1) is 10.2. The fraction of sp³-hybridized carbons (Fsp3) is 0.500. The van der Waals surface area contributed by atoms with E-state index < -0.39 is 5.54 Å². The maximum absolute atomic E-state index is 12.1. The molecule has 6 heteroatoms. The summed E-state index contributed by atoms with van der Waals surface area (Å²) < 4.78 is 0. The number of hydrogen-bond donors (Lipinski definition) is 2. The van der Waals surface area contributed by atoms with Gasteiger partial charge in [0.05, 0.1) is 18.1 Å². The van der Waals surface area contributed by atoms with Crippen molar-refractivity contribution in [2.75, 3.05) is 13.6 Å². The summed E-state index contributed by atoms with van der Waals surface area (Å²) in [5.41, 5.74) is 0.0817. The Kier molecular flexibility index (Phi) is 6.67. The Morgan fingerprint density at radius 2 is 2.09 bits per heavy atom. The monoisotopic (exact) mass is 342 g/mol. The molecule has 0 heterocycles. The summed E-state index contributed by atoms with van der Waals surface area (Å²) >= 11 is 12.0. The molecule has 0 aliphatic carbocycles. The van der Waals surface area contributed by atoms with E-state index in [1.807, 2.05) is 27.0 Å². The number of nitrogens with one attached hydrogen (secondary N) is 2. The second-order valence-corrected chi connectivity index (χ2v) is 6.91. The van der Waals surface area contributed by atoms with E-state index in [4.69, 9.17) is 23.2 Å². The van der Waals surface area contributed by atoms with E-state index in [2.05, 4.69) is 11.4 Å². The van der Waals surface area contributed by atoms with E-state index in [1.54, 1.807) is 19.1 Å². The normalized spacial score (nSPS) is 15.0. The lowest BCUT2D eigenvalue weighted by molar-refractivity contribution is -0.885. The first-order valence-corrected chi connectivity index (χ1v) is 7.91. The summed E-state index contributed by atoms with van der Waals surface area (Å²) in [4.78, 5) is 13.1. The van der Waals surface area contributed by atoms with Crippen molar-refractivity contribution in [3.63, 3.8) is 0 Å². The molecule has 1 unspecified atom stereocenters. The van der Waals surface area contributed by atoms with Crippen LogP contribution in [0.1, 0.15) is 26.3 Å². The molecule has 0 saturated carbocycles. The van der Waals surface area contributed by atoms with Gasteiger partial charge in [-0.2, -0.15) is 5.26 Å². The van der Waals surface area contributed by atoms with Crippen molar-refractivity contribution in [3.05, 3.63) is 33.8 Å². The van der Waals surface area contributed by atoms with Crippen LogP contribution in [0.2, 0.25) is 10.0 Å². The smallest absolute Gasteiger partial charge is 0.276 e. The van der Waals surface area contributed by atoms with Crippen LogP contribution < -0.4 is 10.2 Å². The number of rotatable bonds is 6. The Hall–Kier alpha value is -1.28. The molecule has 2 atom stereocenters. The third kappa shape index (κ3) is 5.17. The molecule has 0 aromatic heterocycles. The molecule has 22 heavy (non-hydrogen) atoms. The van der Waals surface area contributed by atoms with Crippen molar-refractivity contribution in [2.45, 2.75) is 32.9 Å². The van der Waals surface area contributed by atoms with Gasteiger partial charge >= 0.3 is 0 Å². The summed E-state index contributed by atoms with van der Waals surface area (Å²) in [7, 11) is 1.91. The quantitative estimate of drug-likeness (QED) is 0.831. The fourth-order valence-electron chi connectivity index (χ4n) is 1.96. The molecule has 2 N–H and O–H groups in total. The van der Waals surface area contributed by atoms with Gasteiger partial charge in [-0.1, -0.05) is 43.1 Å². The number of quaternary nitrogens is 1. The molecule has 0 saturated heterocycles. The van der Waals surface area contributed by atoms with E-state index in [9.17, 15) is 10.1 Å². The van der Waals surface area contributed by atoms with Crippen molar-refractivity contribution in [1.82, 2.24) is 5.32 Å². The molecule has 1 amide bonds. The number of carbonyl (C=O) groups excluding carboxylic acids is 1. The van der Waals surface area contributed by atoms with Crippen LogP contribution in [0.3, 0.4) is 0 Å². The molecule has 0 fully saturated rings. The Labute approximate surface area is 142 Å². The minimum Gasteiger partial charge on any atom is -0.333 e.